The van der Waals surface area contributed by atoms with Crippen LogP contribution in [0.3, 0.4) is 0 Å². The summed E-state index contributed by atoms with van der Waals surface area (Å²) in [6.07, 6.45) is 0.890. The highest BCUT2D eigenvalue weighted by Crippen LogP contribution is 2.21. The van der Waals surface area contributed by atoms with Crippen LogP contribution in [0.25, 0.3) is 11.0 Å². The summed E-state index contributed by atoms with van der Waals surface area (Å²) in [4.78, 5) is 0. The number of hydrogen-bond donors (Lipinski definition) is 0. The second kappa shape index (κ2) is 4.34. The maximum atomic E-state index is 7.69. The third-order valence-electron chi connectivity index (χ3n) is 3.12. The molecule has 0 aliphatic rings. The molecule has 0 unspecified atom stereocenters. The lowest BCUT2D eigenvalue weighted by Crippen LogP contribution is -1.88. The van der Waals surface area contributed by atoms with Crippen molar-refractivity contribution < 1.29 is 5.79 Å². The minimum Gasteiger partial charge on any atom is -0.461 e. The van der Waals surface area contributed by atoms with Crippen LogP contribution in [-0.4, -0.2) is 0 Å². The van der Waals surface area contributed by atoms with Crippen LogP contribution in [-0.2, 0) is 6.42 Å². The Morgan fingerprint density at radius 2 is 1.89 bits per heavy atom. The summed E-state index contributed by atoms with van der Waals surface area (Å²) in [6.45, 7) is 3.95. The molecule has 1 aromatic heterocycles. The fourth-order valence-electron chi connectivity index (χ4n) is 2.33. The molecule has 0 N–H and O–H groups in total. The van der Waals surface area contributed by atoms with Gasteiger partial charge in [0, 0.05) is 5.39 Å². The molecule has 0 saturated carbocycles. The Morgan fingerprint density at radius 3 is 2.72 bits per heavy atom. The Balaban J connectivity index is 1.93. The van der Waals surface area contributed by atoms with E-state index in [0.717, 1.165) is 28.7 Å². The average Bonchev–Trinajstić information content (AvgIpc) is 2.73. The molecule has 0 bridgehead atoms. The Hall–Kier alpha value is -2.02. The second-order valence-corrected chi connectivity index (χ2v) is 4.79. The molecule has 18 heavy (non-hydrogen) atoms. The van der Waals surface area contributed by atoms with Crippen LogP contribution in [0, 0.1) is 13.8 Å². The average molecular weight is 237 g/mol. The van der Waals surface area contributed by atoms with Gasteiger partial charge in [-0.25, -0.2) is 0 Å². The molecule has 2 aromatic carbocycles. The van der Waals surface area contributed by atoms with E-state index in [-0.39, 0.29) is 0 Å². The van der Waals surface area contributed by atoms with E-state index in [2.05, 4.69) is 24.3 Å². The van der Waals surface area contributed by atoms with Gasteiger partial charge in [0.1, 0.15) is 11.3 Å². The number of benzene rings is 2. The molecule has 0 radical (unpaired) electrons. The smallest absolute Gasteiger partial charge is 0.134 e. The first-order valence-electron chi connectivity index (χ1n) is 6.67. The summed E-state index contributed by atoms with van der Waals surface area (Å²) in [5, 5.41) is 1.16. The topological polar surface area (TPSA) is 13.1 Å². The molecule has 0 aliphatic carbocycles. The second-order valence-electron chi connectivity index (χ2n) is 4.79. The van der Waals surface area contributed by atoms with Gasteiger partial charge in [-0.05, 0) is 49.6 Å². The third-order valence-corrected chi connectivity index (χ3v) is 3.12. The van der Waals surface area contributed by atoms with Crippen molar-refractivity contribution in [3.63, 3.8) is 0 Å². The number of aryl methyl sites for hydroxylation is 2. The van der Waals surface area contributed by atoms with Crippen LogP contribution >= 0.6 is 0 Å². The van der Waals surface area contributed by atoms with Crippen LogP contribution in [0.4, 0.5) is 0 Å². The quantitative estimate of drug-likeness (QED) is 0.632. The molecule has 0 spiro atoms. The highest BCUT2D eigenvalue weighted by molar-refractivity contribution is 5.78. The predicted molar refractivity (Wildman–Crippen MR) is 74.9 cm³/mol. The van der Waals surface area contributed by atoms with Crippen molar-refractivity contribution in [2.45, 2.75) is 20.3 Å². The zero-order chi connectivity index (χ0) is 13.4. The molecule has 90 valence electrons. The largest absolute Gasteiger partial charge is 0.461 e. The van der Waals surface area contributed by atoms with Crippen LogP contribution in [0.1, 0.15) is 23.8 Å². The number of furan rings is 1. The van der Waals surface area contributed by atoms with Gasteiger partial charge < -0.3 is 4.42 Å². The van der Waals surface area contributed by atoms with Gasteiger partial charge in [-0.15, -0.1) is 0 Å². The fraction of sp³-hybridized carbons (Fsp3) is 0.176. The molecule has 1 heteroatoms. The Kier molecular flexibility index (Phi) is 2.40. The van der Waals surface area contributed by atoms with Crippen LogP contribution in [0.2, 0.25) is 0 Å². The Labute approximate surface area is 108 Å². The van der Waals surface area contributed by atoms with Crippen molar-refractivity contribution in [1.82, 2.24) is 0 Å². The molecule has 1 heterocycles. The van der Waals surface area contributed by atoms with Gasteiger partial charge in [-0.2, -0.15) is 0 Å². The molecule has 0 aliphatic heterocycles. The summed E-state index contributed by atoms with van der Waals surface area (Å²) in [5.41, 5.74) is 4.48. The monoisotopic (exact) mass is 237 g/mol. The molecule has 1 nitrogen and oxygen atoms in total. The van der Waals surface area contributed by atoms with Crippen molar-refractivity contribution in [2.75, 3.05) is 0 Å². The number of hydrogen-bond acceptors (Lipinski definition) is 1. The highest BCUT2D eigenvalue weighted by atomic mass is 16.3. The standard InChI is InChI=1S/C17H16O/c1-12-4-3-5-14(8-12)10-15-6-7-17-16(11-15)9-13(2)18-17/h3-9,11H,10H2,1-2H3/i4D. The lowest BCUT2D eigenvalue weighted by Gasteiger charge is -2.03. The minimum atomic E-state index is 0.602. The van der Waals surface area contributed by atoms with Crippen LogP contribution in [0.15, 0.2) is 52.9 Å². The highest BCUT2D eigenvalue weighted by Gasteiger charge is 2.02. The van der Waals surface area contributed by atoms with Gasteiger partial charge in [-0.1, -0.05) is 35.9 Å². The predicted octanol–water partition coefficient (Wildman–Crippen LogP) is 4.64. The molecule has 0 fully saturated rings. The molecule has 0 amide bonds. The van der Waals surface area contributed by atoms with E-state index in [9.17, 15) is 0 Å². The summed E-state index contributed by atoms with van der Waals surface area (Å²) < 4.78 is 13.3. The Bertz CT molecular complexity index is 740. The van der Waals surface area contributed by atoms with Crippen molar-refractivity contribution in [1.29, 1.82) is 0 Å². The maximum absolute atomic E-state index is 7.69. The molecule has 3 rings (SSSR count). The summed E-state index contributed by atoms with van der Waals surface area (Å²) >= 11 is 0. The van der Waals surface area contributed by atoms with Gasteiger partial charge in [0.2, 0.25) is 0 Å². The van der Waals surface area contributed by atoms with Crippen LogP contribution < -0.4 is 0 Å². The van der Waals surface area contributed by atoms with Crippen molar-refractivity contribution >= 4 is 11.0 Å². The zero-order valence-corrected chi connectivity index (χ0v) is 10.7. The first-order chi connectivity index (χ1) is 9.11. The number of fused-ring (bicyclic) bond motifs is 1. The van der Waals surface area contributed by atoms with Crippen molar-refractivity contribution in [2.24, 2.45) is 0 Å². The van der Waals surface area contributed by atoms with Crippen molar-refractivity contribution in [3.05, 3.63) is 71.0 Å². The fourth-order valence-corrected chi connectivity index (χ4v) is 2.33. The lowest BCUT2D eigenvalue weighted by atomic mass is 10.0. The number of rotatable bonds is 2. The van der Waals surface area contributed by atoms with Gasteiger partial charge in [0.05, 0.1) is 1.37 Å². The van der Waals surface area contributed by atoms with E-state index < -0.39 is 0 Å². The summed E-state index contributed by atoms with van der Waals surface area (Å²) in [5.74, 6) is 0.946. The maximum Gasteiger partial charge on any atom is 0.134 e. The third kappa shape index (κ3) is 2.17. The van der Waals surface area contributed by atoms with E-state index in [1.165, 1.54) is 11.1 Å². The molecule has 0 saturated heterocycles. The minimum absolute atomic E-state index is 0.602. The Morgan fingerprint density at radius 1 is 1.06 bits per heavy atom. The van der Waals surface area contributed by atoms with Crippen molar-refractivity contribution in [3.8, 4) is 0 Å². The van der Waals surface area contributed by atoms with Gasteiger partial charge >= 0.3 is 0 Å². The van der Waals surface area contributed by atoms with Gasteiger partial charge in [-0.3, -0.25) is 0 Å². The molecular formula is C17H16O. The van der Waals surface area contributed by atoms with E-state index in [1.807, 2.05) is 32.0 Å². The molecule has 3 aromatic rings. The first kappa shape index (κ1) is 9.95. The molecule has 0 atom stereocenters. The zero-order valence-electron chi connectivity index (χ0n) is 11.7. The lowest BCUT2D eigenvalue weighted by molar-refractivity contribution is 0.578. The SMILES string of the molecule is [2H]c1ccc(Cc2ccc3oc(C)cc3c2)cc1C. The summed E-state index contributed by atoms with van der Waals surface area (Å²) in [6, 6.07) is 15.0. The first-order valence-corrected chi connectivity index (χ1v) is 6.17. The van der Waals surface area contributed by atoms with Crippen LogP contribution in [0.5, 0.6) is 0 Å². The van der Waals surface area contributed by atoms with Gasteiger partial charge in [0.15, 0.2) is 0 Å². The summed E-state index contributed by atoms with van der Waals surface area (Å²) in [7, 11) is 0. The van der Waals surface area contributed by atoms with E-state index in [4.69, 9.17) is 5.79 Å². The molecular weight excluding hydrogens is 220 g/mol. The normalized spacial score (nSPS) is 11.8. The van der Waals surface area contributed by atoms with Gasteiger partial charge in [0.25, 0.3) is 0 Å². The van der Waals surface area contributed by atoms with E-state index >= 15 is 0 Å². The van der Waals surface area contributed by atoms with E-state index in [0.29, 0.717) is 6.04 Å². The van der Waals surface area contributed by atoms with E-state index in [1.54, 1.807) is 0 Å².